The molecule has 0 spiro atoms. The smallest absolute Gasteiger partial charge is 0.264 e. The molecule has 1 atom stereocenters. The number of amides is 2. The molecule has 0 fully saturated rings. The lowest BCUT2D eigenvalue weighted by Gasteiger charge is -2.32. The van der Waals surface area contributed by atoms with E-state index in [1.807, 2.05) is 6.92 Å². The first-order valence-electron chi connectivity index (χ1n) is 11.9. The Morgan fingerprint density at radius 2 is 1.61 bits per heavy atom. The van der Waals surface area contributed by atoms with E-state index in [1.165, 1.54) is 35.2 Å². The molecule has 38 heavy (non-hydrogen) atoms. The van der Waals surface area contributed by atoms with Gasteiger partial charge in [-0.15, -0.1) is 0 Å². The van der Waals surface area contributed by atoms with Crippen molar-refractivity contribution >= 4 is 62.3 Å². The van der Waals surface area contributed by atoms with Crippen molar-refractivity contribution in [3.8, 4) is 0 Å². The van der Waals surface area contributed by atoms with Gasteiger partial charge in [-0.1, -0.05) is 72.1 Å². The van der Waals surface area contributed by atoms with Gasteiger partial charge in [-0.3, -0.25) is 13.9 Å². The summed E-state index contributed by atoms with van der Waals surface area (Å²) < 4.78 is 28.4. The van der Waals surface area contributed by atoms with Crippen molar-refractivity contribution in [2.75, 3.05) is 17.4 Å². The van der Waals surface area contributed by atoms with Crippen LogP contribution in [0.5, 0.6) is 0 Å². The highest BCUT2D eigenvalue weighted by atomic mass is 35.5. The topological polar surface area (TPSA) is 86.8 Å². The largest absolute Gasteiger partial charge is 0.354 e. The number of hydrogen-bond acceptors (Lipinski definition) is 4. The lowest BCUT2D eigenvalue weighted by Crippen LogP contribution is -2.51. The first-order chi connectivity index (χ1) is 18.0. The monoisotopic (exact) mass is 595 g/mol. The molecule has 0 radical (unpaired) electrons. The van der Waals surface area contributed by atoms with Crippen LogP contribution in [0.4, 0.5) is 5.69 Å². The van der Waals surface area contributed by atoms with Gasteiger partial charge in [0.25, 0.3) is 10.0 Å². The van der Waals surface area contributed by atoms with E-state index in [2.05, 4.69) is 5.32 Å². The molecule has 202 valence electrons. The fourth-order valence-electron chi connectivity index (χ4n) is 3.73. The third-order valence-corrected chi connectivity index (χ3v) is 8.29. The predicted octanol–water partition coefficient (Wildman–Crippen LogP) is 5.79. The van der Waals surface area contributed by atoms with Crippen LogP contribution in [0.15, 0.2) is 77.7 Å². The molecule has 3 aromatic carbocycles. The second kappa shape index (κ2) is 13.3. The molecule has 7 nitrogen and oxygen atoms in total. The average molecular weight is 597 g/mol. The van der Waals surface area contributed by atoms with E-state index in [4.69, 9.17) is 34.8 Å². The Morgan fingerprint density at radius 1 is 0.921 bits per heavy atom. The zero-order valence-electron chi connectivity index (χ0n) is 20.9. The van der Waals surface area contributed by atoms with Gasteiger partial charge in [-0.05, 0) is 61.4 Å². The molecule has 0 saturated carbocycles. The van der Waals surface area contributed by atoms with E-state index in [-0.39, 0.29) is 28.1 Å². The Balaban J connectivity index is 2.04. The van der Waals surface area contributed by atoms with Crippen molar-refractivity contribution in [1.82, 2.24) is 10.2 Å². The van der Waals surface area contributed by atoms with Crippen LogP contribution in [0.1, 0.15) is 25.8 Å². The Bertz CT molecular complexity index is 1390. The minimum atomic E-state index is -4.22. The molecule has 11 heteroatoms. The number of carbonyl (C=O) groups excluding carboxylic acids is 2. The second-order valence-electron chi connectivity index (χ2n) is 8.54. The second-order valence-corrected chi connectivity index (χ2v) is 11.7. The lowest BCUT2D eigenvalue weighted by molar-refractivity contribution is -0.139. The Labute approximate surface area is 238 Å². The van der Waals surface area contributed by atoms with Crippen molar-refractivity contribution in [2.24, 2.45) is 0 Å². The highest BCUT2D eigenvalue weighted by molar-refractivity contribution is 7.92. The van der Waals surface area contributed by atoms with Crippen molar-refractivity contribution in [3.63, 3.8) is 0 Å². The van der Waals surface area contributed by atoms with Crippen LogP contribution < -0.4 is 9.62 Å². The number of rotatable bonds is 11. The van der Waals surface area contributed by atoms with Crippen molar-refractivity contribution in [3.05, 3.63) is 93.4 Å². The predicted molar refractivity (Wildman–Crippen MR) is 152 cm³/mol. The third-order valence-electron chi connectivity index (χ3n) is 5.75. The number of sulfonamides is 1. The van der Waals surface area contributed by atoms with Crippen molar-refractivity contribution < 1.29 is 18.0 Å². The standard InChI is InChI=1S/C27H28Cl3N3O4S/c1-3-14-31-27(35)19(2)32(17-20-8-7-9-21(28)15-20)26(34)18-33(25-13-12-22(29)16-24(25)30)38(36,37)23-10-5-4-6-11-23/h4-13,15-16,19H,3,14,17-18H2,1-2H3,(H,31,35)/t19-/m0/s1. The first-order valence-corrected chi connectivity index (χ1v) is 14.5. The minimum Gasteiger partial charge on any atom is -0.354 e. The summed E-state index contributed by atoms with van der Waals surface area (Å²) in [5.41, 5.74) is 0.766. The van der Waals surface area contributed by atoms with Gasteiger partial charge >= 0.3 is 0 Å². The number of nitrogens with one attached hydrogen (secondary N) is 1. The zero-order chi connectivity index (χ0) is 27.9. The van der Waals surface area contributed by atoms with E-state index in [0.717, 1.165) is 10.7 Å². The van der Waals surface area contributed by atoms with E-state index >= 15 is 0 Å². The number of carbonyl (C=O) groups is 2. The summed E-state index contributed by atoms with van der Waals surface area (Å²) in [7, 11) is -4.22. The fourth-order valence-corrected chi connectivity index (χ4v) is 5.95. The maximum Gasteiger partial charge on any atom is 0.264 e. The van der Waals surface area contributed by atoms with Crippen LogP contribution in [0.25, 0.3) is 0 Å². The van der Waals surface area contributed by atoms with Crippen LogP contribution in [-0.4, -0.2) is 44.3 Å². The zero-order valence-corrected chi connectivity index (χ0v) is 24.0. The Morgan fingerprint density at radius 3 is 2.24 bits per heavy atom. The van der Waals surface area contributed by atoms with E-state index in [0.29, 0.717) is 22.2 Å². The van der Waals surface area contributed by atoms with Crippen LogP contribution in [0.2, 0.25) is 15.1 Å². The molecule has 0 aliphatic rings. The maximum atomic E-state index is 13.8. The summed E-state index contributed by atoms with van der Waals surface area (Å²) >= 11 is 18.6. The summed E-state index contributed by atoms with van der Waals surface area (Å²) in [6.45, 7) is 3.39. The summed E-state index contributed by atoms with van der Waals surface area (Å²) in [5, 5.41) is 3.63. The van der Waals surface area contributed by atoms with Crippen molar-refractivity contribution in [1.29, 1.82) is 0 Å². The van der Waals surface area contributed by atoms with Crippen LogP contribution >= 0.6 is 34.8 Å². The molecule has 0 heterocycles. The molecule has 0 aliphatic carbocycles. The summed E-state index contributed by atoms with van der Waals surface area (Å²) in [6.07, 6.45) is 0.721. The van der Waals surface area contributed by atoms with Crippen LogP contribution in [-0.2, 0) is 26.2 Å². The summed E-state index contributed by atoms with van der Waals surface area (Å²) in [5.74, 6) is -0.959. The van der Waals surface area contributed by atoms with Crippen LogP contribution in [0.3, 0.4) is 0 Å². The molecule has 0 saturated heterocycles. The minimum absolute atomic E-state index is 0.0195. The molecule has 0 unspecified atom stereocenters. The number of hydrogen-bond donors (Lipinski definition) is 1. The normalized spacial score (nSPS) is 12.0. The molecule has 1 N–H and O–H groups in total. The van der Waals surface area contributed by atoms with E-state index in [1.54, 1.807) is 49.4 Å². The van der Waals surface area contributed by atoms with Gasteiger partial charge in [0.05, 0.1) is 15.6 Å². The Hall–Kier alpha value is -2.78. The van der Waals surface area contributed by atoms with Gasteiger partial charge in [0, 0.05) is 23.1 Å². The maximum absolute atomic E-state index is 13.8. The Kier molecular flexibility index (Phi) is 10.4. The lowest BCUT2D eigenvalue weighted by atomic mass is 10.1. The van der Waals surface area contributed by atoms with Crippen LogP contribution in [0, 0.1) is 0 Å². The fraction of sp³-hybridized carbons (Fsp3) is 0.259. The van der Waals surface area contributed by atoms with Gasteiger partial charge in [-0.25, -0.2) is 8.42 Å². The molecule has 2 amide bonds. The SMILES string of the molecule is CCCNC(=O)[C@H](C)N(Cc1cccc(Cl)c1)C(=O)CN(c1ccc(Cl)cc1Cl)S(=O)(=O)c1ccccc1. The first kappa shape index (κ1) is 29.8. The number of anilines is 1. The van der Waals surface area contributed by atoms with Gasteiger partial charge in [0.1, 0.15) is 12.6 Å². The quantitative estimate of drug-likeness (QED) is 0.304. The highest BCUT2D eigenvalue weighted by Gasteiger charge is 2.33. The molecule has 3 aromatic rings. The van der Waals surface area contributed by atoms with E-state index < -0.39 is 28.5 Å². The number of nitrogens with zero attached hydrogens (tertiary/aromatic N) is 2. The van der Waals surface area contributed by atoms with Crippen molar-refractivity contribution in [2.45, 2.75) is 37.8 Å². The highest BCUT2D eigenvalue weighted by Crippen LogP contribution is 2.33. The van der Waals surface area contributed by atoms with E-state index in [9.17, 15) is 18.0 Å². The summed E-state index contributed by atoms with van der Waals surface area (Å²) in [6, 6.07) is 18.1. The average Bonchev–Trinajstić information content (AvgIpc) is 2.89. The van der Waals surface area contributed by atoms with Gasteiger partial charge in [0.15, 0.2) is 0 Å². The molecule has 0 bridgehead atoms. The van der Waals surface area contributed by atoms with Gasteiger partial charge in [-0.2, -0.15) is 0 Å². The molecular weight excluding hydrogens is 569 g/mol. The molecular formula is C27H28Cl3N3O4S. The van der Waals surface area contributed by atoms with Gasteiger partial charge in [0.2, 0.25) is 11.8 Å². The number of benzene rings is 3. The molecule has 0 aliphatic heterocycles. The summed E-state index contributed by atoms with van der Waals surface area (Å²) in [4.78, 5) is 28.0. The van der Waals surface area contributed by atoms with Gasteiger partial charge < -0.3 is 10.2 Å². The third kappa shape index (κ3) is 7.41. The molecule has 0 aromatic heterocycles. The molecule has 3 rings (SSSR count). The number of halogens is 3.